The van der Waals surface area contributed by atoms with E-state index in [9.17, 15) is 8.42 Å². The van der Waals surface area contributed by atoms with E-state index in [2.05, 4.69) is 15.0 Å². The number of benzene rings is 1. The lowest BCUT2D eigenvalue weighted by atomic mass is 10.2. The van der Waals surface area contributed by atoms with Crippen LogP contribution in [0.4, 0.5) is 0 Å². The van der Waals surface area contributed by atoms with Gasteiger partial charge in [-0.15, -0.1) is 0 Å². The number of hydrogen-bond acceptors (Lipinski definition) is 6. The van der Waals surface area contributed by atoms with E-state index < -0.39 is 10.0 Å². The van der Waals surface area contributed by atoms with Crippen molar-refractivity contribution in [3.63, 3.8) is 0 Å². The molecule has 2 aliphatic rings. The molecule has 1 aromatic heterocycles. The molecule has 2 heterocycles. The Morgan fingerprint density at radius 3 is 2.56 bits per heavy atom. The molecule has 0 N–H and O–H groups in total. The van der Waals surface area contributed by atoms with Crippen molar-refractivity contribution in [2.75, 3.05) is 26.2 Å². The van der Waals surface area contributed by atoms with Crippen molar-refractivity contribution in [3.8, 4) is 0 Å². The van der Waals surface area contributed by atoms with Gasteiger partial charge in [0.25, 0.3) is 0 Å². The van der Waals surface area contributed by atoms with Gasteiger partial charge in [0.2, 0.25) is 15.9 Å². The Kier molecular flexibility index (Phi) is 5.20. The van der Waals surface area contributed by atoms with E-state index in [0.717, 1.165) is 18.7 Å². The van der Waals surface area contributed by atoms with Crippen molar-refractivity contribution in [1.29, 1.82) is 0 Å². The molecule has 1 aromatic carbocycles. The number of halogens is 2. The van der Waals surface area contributed by atoms with Gasteiger partial charge in [0, 0.05) is 32.1 Å². The highest BCUT2D eigenvalue weighted by atomic mass is 35.5. The Morgan fingerprint density at radius 2 is 1.89 bits per heavy atom. The zero-order valence-corrected chi connectivity index (χ0v) is 17.1. The fourth-order valence-electron chi connectivity index (χ4n) is 3.23. The molecule has 7 nitrogen and oxygen atoms in total. The Morgan fingerprint density at radius 1 is 1.19 bits per heavy atom. The molecular formula is C17H20Cl2N4O3S. The second-order valence-electron chi connectivity index (χ2n) is 6.93. The molecule has 0 amide bonds. The number of sulfonamides is 1. The van der Waals surface area contributed by atoms with Crippen LogP contribution in [0, 0.1) is 0 Å². The Balaban J connectivity index is 1.44. The maximum Gasteiger partial charge on any atom is 0.244 e. The Bertz CT molecular complexity index is 937. The van der Waals surface area contributed by atoms with Gasteiger partial charge in [-0.2, -0.15) is 9.29 Å². The van der Waals surface area contributed by atoms with Gasteiger partial charge in [-0.1, -0.05) is 34.4 Å². The molecule has 27 heavy (non-hydrogen) atoms. The first-order valence-electron chi connectivity index (χ1n) is 8.89. The van der Waals surface area contributed by atoms with Crippen LogP contribution in [0.1, 0.15) is 43.4 Å². The number of rotatable bonds is 5. The van der Waals surface area contributed by atoms with Gasteiger partial charge in [0.1, 0.15) is 4.90 Å². The summed E-state index contributed by atoms with van der Waals surface area (Å²) in [6.07, 6.45) is 2.24. The van der Waals surface area contributed by atoms with E-state index in [1.807, 2.05) is 6.92 Å². The fraction of sp³-hybridized carbons (Fsp3) is 0.529. The van der Waals surface area contributed by atoms with Gasteiger partial charge >= 0.3 is 0 Å². The van der Waals surface area contributed by atoms with E-state index in [1.54, 1.807) is 12.1 Å². The molecule has 0 spiro atoms. The highest BCUT2D eigenvalue weighted by Crippen LogP contribution is 2.39. The van der Waals surface area contributed by atoms with E-state index in [1.165, 1.54) is 10.4 Å². The molecule has 1 saturated heterocycles. The third-order valence-electron chi connectivity index (χ3n) is 5.11. The zero-order valence-electron chi connectivity index (χ0n) is 14.8. The van der Waals surface area contributed by atoms with Crippen molar-refractivity contribution >= 4 is 33.2 Å². The van der Waals surface area contributed by atoms with E-state index >= 15 is 0 Å². The lowest BCUT2D eigenvalue weighted by Crippen LogP contribution is -2.49. The minimum atomic E-state index is -3.69. The number of hydrogen-bond donors (Lipinski definition) is 0. The molecule has 4 rings (SSSR count). The minimum absolute atomic E-state index is 0.0455. The van der Waals surface area contributed by atoms with Crippen LogP contribution >= 0.6 is 23.2 Å². The molecule has 146 valence electrons. The van der Waals surface area contributed by atoms with Crippen LogP contribution in [-0.2, 0) is 10.0 Å². The highest BCUT2D eigenvalue weighted by Gasteiger charge is 2.34. The summed E-state index contributed by atoms with van der Waals surface area (Å²) < 4.78 is 32.7. The number of piperazine rings is 1. The third-order valence-corrected chi connectivity index (χ3v) is 7.98. The van der Waals surface area contributed by atoms with E-state index in [-0.39, 0.29) is 21.0 Å². The maximum atomic E-state index is 12.9. The van der Waals surface area contributed by atoms with Crippen molar-refractivity contribution in [3.05, 3.63) is 40.0 Å². The molecular weight excluding hydrogens is 411 g/mol. The second-order valence-corrected chi connectivity index (χ2v) is 9.62. The zero-order chi connectivity index (χ0) is 19.2. The lowest BCUT2D eigenvalue weighted by molar-refractivity contribution is 0.124. The summed E-state index contributed by atoms with van der Waals surface area (Å²) in [6, 6.07) is 4.59. The third kappa shape index (κ3) is 3.73. The normalized spacial score (nSPS) is 20.7. The molecule has 0 radical (unpaired) electrons. The summed E-state index contributed by atoms with van der Waals surface area (Å²) in [6.45, 7) is 3.86. The number of nitrogens with zero attached hydrogens (tertiary/aromatic N) is 4. The van der Waals surface area contributed by atoms with Crippen LogP contribution in [0.5, 0.6) is 0 Å². The monoisotopic (exact) mass is 430 g/mol. The molecule has 10 heteroatoms. The standard InChI is InChI=1S/C17H20Cl2N4O3S/c1-11(17-20-16(21-26-17)12-5-6-12)22-7-9-23(10-8-22)27(24,25)14-4-2-3-13(18)15(14)19/h2-4,11-12H,5-10H2,1H3. The van der Waals surface area contributed by atoms with Gasteiger partial charge in [-0.3, -0.25) is 4.90 Å². The van der Waals surface area contributed by atoms with Crippen molar-refractivity contribution in [2.24, 2.45) is 0 Å². The second kappa shape index (κ2) is 7.33. The summed E-state index contributed by atoms with van der Waals surface area (Å²) in [5.41, 5.74) is 0. The first-order valence-corrected chi connectivity index (χ1v) is 11.1. The van der Waals surface area contributed by atoms with Gasteiger partial charge in [0.05, 0.1) is 16.1 Å². The first kappa shape index (κ1) is 19.1. The fourth-order valence-corrected chi connectivity index (χ4v) is 5.39. The maximum absolute atomic E-state index is 12.9. The van der Waals surface area contributed by atoms with Crippen molar-refractivity contribution in [1.82, 2.24) is 19.3 Å². The van der Waals surface area contributed by atoms with Gasteiger partial charge < -0.3 is 4.52 Å². The smallest absolute Gasteiger partial charge is 0.244 e. The largest absolute Gasteiger partial charge is 0.338 e. The lowest BCUT2D eigenvalue weighted by Gasteiger charge is -2.36. The van der Waals surface area contributed by atoms with Crippen molar-refractivity contribution in [2.45, 2.75) is 36.6 Å². The molecule has 2 aromatic rings. The summed E-state index contributed by atoms with van der Waals surface area (Å²) in [4.78, 5) is 6.69. The van der Waals surface area contributed by atoms with Crippen LogP contribution < -0.4 is 0 Å². The van der Waals surface area contributed by atoms with Gasteiger partial charge in [0.15, 0.2) is 5.82 Å². The molecule has 1 unspecified atom stereocenters. The van der Waals surface area contributed by atoms with E-state index in [4.69, 9.17) is 27.7 Å². The number of aromatic nitrogens is 2. The summed E-state index contributed by atoms with van der Waals surface area (Å²) in [5, 5.41) is 4.35. The quantitative estimate of drug-likeness (QED) is 0.723. The van der Waals surface area contributed by atoms with Crippen LogP contribution in [-0.4, -0.2) is 53.9 Å². The van der Waals surface area contributed by atoms with Crippen LogP contribution in [0.3, 0.4) is 0 Å². The van der Waals surface area contributed by atoms with Crippen LogP contribution in [0.2, 0.25) is 10.0 Å². The molecule has 0 bridgehead atoms. The molecule has 2 fully saturated rings. The first-order chi connectivity index (χ1) is 12.9. The average molecular weight is 431 g/mol. The van der Waals surface area contributed by atoms with E-state index in [0.29, 0.717) is 38.0 Å². The molecule has 1 aliphatic heterocycles. The predicted molar refractivity (Wildman–Crippen MR) is 101 cm³/mol. The van der Waals surface area contributed by atoms with Crippen molar-refractivity contribution < 1.29 is 12.9 Å². The Hall–Kier alpha value is -1.19. The minimum Gasteiger partial charge on any atom is -0.338 e. The Labute approximate surface area is 168 Å². The highest BCUT2D eigenvalue weighted by molar-refractivity contribution is 7.89. The summed E-state index contributed by atoms with van der Waals surface area (Å²) in [7, 11) is -3.69. The van der Waals surface area contributed by atoms with Gasteiger partial charge in [-0.05, 0) is 31.9 Å². The molecule has 1 atom stereocenters. The van der Waals surface area contributed by atoms with Crippen LogP contribution in [0.25, 0.3) is 0 Å². The topological polar surface area (TPSA) is 79.5 Å². The predicted octanol–water partition coefficient (Wildman–Crippen LogP) is 3.32. The molecule has 1 saturated carbocycles. The van der Waals surface area contributed by atoms with Gasteiger partial charge in [-0.25, -0.2) is 8.42 Å². The average Bonchev–Trinajstić information content (AvgIpc) is 3.40. The summed E-state index contributed by atoms with van der Waals surface area (Å²) in [5.74, 6) is 1.82. The summed E-state index contributed by atoms with van der Waals surface area (Å²) >= 11 is 12.1. The SMILES string of the molecule is CC(c1nc(C2CC2)no1)N1CCN(S(=O)(=O)c2cccc(Cl)c2Cl)CC1. The molecule has 1 aliphatic carbocycles. The van der Waals surface area contributed by atoms with Crippen LogP contribution in [0.15, 0.2) is 27.6 Å².